The van der Waals surface area contributed by atoms with Gasteiger partial charge < -0.3 is 9.64 Å². The van der Waals surface area contributed by atoms with Crippen molar-refractivity contribution in [3.05, 3.63) is 70.6 Å². The normalized spacial score (nSPS) is 14.7. The smallest absolute Gasteiger partial charge is 0.325 e. The lowest BCUT2D eigenvalue weighted by Crippen LogP contribution is -2.32. The fourth-order valence-corrected chi connectivity index (χ4v) is 2.80. The highest BCUT2D eigenvalue weighted by atomic mass is 19.2. The number of allylic oxidation sites excluding steroid dienone is 5. The molecule has 2 rings (SSSR count). The molecule has 0 N–H and O–H groups in total. The molecule has 0 fully saturated rings. The minimum absolute atomic E-state index is 0.0851. The molecule has 0 aromatic heterocycles. The van der Waals surface area contributed by atoms with Crippen LogP contribution in [0.3, 0.4) is 0 Å². The van der Waals surface area contributed by atoms with Crippen molar-refractivity contribution in [2.45, 2.75) is 33.6 Å². The third kappa shape index (κ3) is 4.35. The molecule has 0 unspecified atom stereocenters. The van der Waals surface area contributed by atoms with Crippen LogP contribution in [0.1, 0.15) is 32.8 Å². The Labute approximate surface area is 147 Å². The highest BCUT2D eigenvalue weighted by molar-refractivity contribution is 5.72. The number of carbonyl (C=O) groups is 1. The molecule has 1 aliphatic rings. The first-order valence-corrected chi connectivity index (χ1v) is 8.28. The second kappa shape index (κ2) is 8.10. The van der Waals surface area contributed by atoms with Gasteiger partial charge in [-0.3, -0.25) is 4.79 Å². The van der Waals surface area contributed by atoms with Crippen molar-refractivity contribution in [3.63, 3.8) is 0 Å². The Morgan fingerprint density at radius 3 is 2.64 bits per heavy atom. The Balaban J connectivity index is 2.20. The summed E-state index contributed by atoms with van der Waals surface area (Å²) in [6, 6.07) is 4.16. The summed E-state index contributed by atoms with van der Waals surface area (Å²) in [6.45, 7) is 10.0. The number of esters is 1. The summed E-state index contributed by atoms with van der Waals surface area (Å²) < 4.78 is 32.3. The molecule has 1 aliphatic heterocycles. The van der Waals surface area contributed by atoms with Gasteiger partial charge in [0.15, 0.2) is 11.6 Å². The van der Waals surface area contributed by atoms with Crippen LogP contribution in [0.15, 0.2) is 53.4 Å². The predicted octanol–water partition coefficient (Wildman–Crippen LogP) is 4.51. The van der Waals surface area contributed by atoms with Crippen molar-refractivity contribution in [2.24, 2.45) is 0 Å². The number of carbonyl (C=O) groups excluding carboxylic acids is 1. The molecule has 1 aromatic rings. The van der Waals surface area contributed by atoms with Gasteiger partial charge in [-0.05, 0) is 62.5 Å². The zero-order chi connectivity index (χ0) is 18.6. The van der Waals surface area contributed by atoms with Gasteiger partial charge in [0.2, 0.25) is 0 Å². The third-order valence-corrected chi connectivity index (χ3v) is 4.39. The molecule has 3 nitrogen and oxygen atoms in total. The standard InChI is InChI=1S/C20H23F2NO2/c1-5-25-19(24)12-23-15(4)14(3)13(2)11-17(23)10-9-16-7-6-8-18(21)20(16)22/h6-8,11H,2,5,9-10,12H2,1,3-4H3. The number of hydrogen-bond acceptors (Lipinski definition) is 3. The molecular weight excluding hydrogens is 324 g/mol. The van der Waals surface area contributed by atoms with E-state index in [-0.39, 0.29) is 12.5 Å². The van der Waals surface area contributed by atoms with Gasteiger partial charge >= 0.3 is 5.97 Å². The van der Waals surface area contributed by atoms with Gasteiger partial charge in [0.05, 0.1) is 6.61 Å². The van der Waals surface area contributed by atoms with Crippen LogP contribution in [0.25, 0.3) is 0 Å². The van der Waals surface area contributed by atoms with Gasteiger partial charge in [-0.25, -0.2) is 8.78 Å². The van der Waals surface area contributed by atoms with E-state index >= 15 is 0 Å². The van der Waals surface area contributed by atoms with Crippen LogP contribution in [0, 0.1) is 11.6 Å². The van der Waals surface area contributed by atoms with Crippen LogP contribution in [-0.4, -0.2) is 24.0 Å². The van der Waals surface area contributed by atoms with Crippen molar-refractivity contribution in [3.8, 4) is 0 Å². The molecule has 0 spiro atoms. The molecule has 0 radical (unpaired) electrons. The van der Waals surface area contributed by atoms with Gasteiger partial charge in [-0.1, -0.05) is 18.7 Å². The summed E-state index contributed by atoms with van der Waals surface area (Å²) in [7, 11) is 0. The lowest BCUT2D eigenvalue weighted by Gasteiger charge is -2.33. The highest BCUT2D eigenvalue weighted by Gasteiger charge is 2.23. The number of benzene rings is 1. The summed E-state index contributed by atoms with van der Waals surface area (Å²) in [5, 5.41) is 0. The van der Waals surface area contributed by atoms with Gasteiger partial charge in [-0.2, -0.15) is 0 Å². The van der Waals surface area contributed by atoms with Gasteiger partial charge in [0.1, 0.15) is 6.54 Å². The fraction of sp³-hybridized carbons (Fsp3) is 0.350. The number of rotatable bonds is 6. The minimum Gasteiger partial charge on any atom is -0.465 e. The lowest BCUT2D eigenvalue weighted by atomic mass is 9.97. The van der Waals surface area contributed by atoms with E-state index in [1.165, 1.54) is 6.07 Å². The van der Waals surface area contributed by atoms with E-state index in [4.69, 9.17) is 4.74 Å². The third-order valence-electron chi connectivity index (χ3n) is 4.39. The van der Waals surface area contributed by atoms with E-state index in [1.54, 1.807) is 13.0 Å². The number of aryl methyl sites for hydroxylation is 1. The van der Waals surface area contributed by atoms with Crippen molar-refractivity contribution < 1.29 is 18.3 Å². The molecule has 0 atom stereocenters. The SMILES string of the molecule is C=C1C=C(CCc2cccc(F)c2F)N(CC(=O)OCC)C(C)=C1C. The lowest BCUT2D eigenvalue weighted by molar-refractivity contribution is -0.143. The molecule has 1 heterocycles. The minimum atomic E-state index is -0.852. The summed E-state index contributed by atoms with van der Waals surface area (Å²) in [5.74, 6) is -2.00. The average molecular weight is 347 g/mol. The molecule has 0 saturated heterocycles. The molecule has 0 aliphatic carbocycles. The average Bonchev–Trinajstić information content (AvgIpc) is 2.57. The zero-order valence-electron chi connectivity index (χ0n) is 14.9. The molecule has 0 saturated carbocycles. The number of halogens is 2. The van der Waals surface area contributed by atoms with Crippen molar-refractivity contribution in [1.29, 1.82) is 0 Å². The van der Waals surface area contributed by atoms with E-state index in [0.29, 0.717) is 25.0 Å². The van der Waals surface area contributed by atoms with Crippen LogP contribution in [0.2, 0.25) is 0 Å². The maximum absolute atomic E-state index is 13.9. The quantitative estimate of drug-likeness (QED) is 0.709. The monoisotopic (exact) mass is 347 g/mol. The number of ether oxygens (including phenoxy) is 1. The molecule has 25 heavy (non-hydrogen) atoms. The van der Waals surface area contributed by atoms with Crippen LogP contribution < -0.4 is 0 Å². The fourth-order valence-electron chi connectivity index (χ4n) is 2.80. The predicted molar refractivity (Wildman–Crippen MR) is 93.6 cm³/mol. The Kier molecular flexibility index (Phi) is 6.12. The van der Waals surface area contributed by atoms with Crippen LogP contribution >= 0.6 is 0 Å². The Morgan fingerprint density at radius 1 is 1.24 bits per heavy atom. The second-order valence-corrected chi connectivity index (χ2v) is 5.98. The van der Waals surface area contributed by atoms with Gasteiger partial charge in [0, 0.05) is 11.4 Å². The van der Waals surface area contributed by atoms with Crippen LogP contribution in [0.5, 0.6) is 0 Å². The molecule has 134 valence electrons. The van der Waals surface area contributed by atoms with E-state index in [9.17, 15) is 13.6 Å². The zero-order valence-corrected chi connectivity index (χ0v) is 14.9. The summed E-state index contributed by atoms with van der Waals surface area (Å²) >= 11 is 0. The van der Waals surface area contributed by atoms with Crippen LogP contribution in [0.4, 0.5) is 8.78 Å². The largest absolute Gasteiger partial charge is 0.465 e. The summed E-state index contributed by atoms with van der Waals surface area (Å²) in [6.07, 6.45) is 2.68. The van der Waals surface area contributed by atoms with E-state index in [0.717, 1.165) is 28.6 Å². The summed E-state index contributed by atoms with van der Waals surface area (Å²) in [4.78, 5) is 13.8. The maximum Gasteiger partial charge on any atom is 0.325 e. The Morgan fingerprint density at radius 2 is 1.96 bits per heavy atom. The van der Waals surface area contributed by atoms with Gasteiger partial charge in [-0.15, -0.1) is 0 Å². The molecule has 1 aromatic carbocycles. The topological polar surface area (TPSA) is 29.5 Å². The van der Waals surface area contributed by atoms with E-state index in [1.807, 2.05) is 24.8 Å². The first kappa shape index (κ1) is 18.9. The molecular formula is C20H23F2NO2. The highest BCUT2D eigenvalue weighted by Crippen LogP contribution is 2.30. The molecule has 0 bridgehead atoms. The first-order valence-electron chi connectivity index (χ1n) is 8.28. The molecule has 0 amide bonds. The van der Waals surface area contributed by atoms with E-state index < -0.39 is 11.6 Å². The van der Waals surface area contributed by atoms with Crippen molar-refractivity contribution >= 4 is 5.97 Å². The van der Waals surface area contributed by atoms with Crippen molar-refractivity contribution in [2.75, 3.05) is 13.2 Å². The number of hydrogen-bond donors (Lipinski definition) is 0. The Bertz CT molecular complexity index is 750. The maximum atomic E-state index is 13.9. The van der Waals surface area contributed by atoms with Crippen molar-refractivity contribution in [1.82, 2.24) is 4.90 Å². The van der Waals surface area contributed by atoms with E-state index in [2.05, 4.69) is 6.58 Å². The van der Waals surface area contributed by atoms with Gasteiger partial charge in [0.25, 0.3) is 0 Å². The number of nitrogens with zero attached hydrogens (tertiary/aromatic N) is 1. The van der Waals surface area contributed by atoms with Crippen LogP contribution in [-0.2, 0) is 16.0 Å². The molecule has 5 heteroatoms. The second-order valence-electron chi connectivity index (χ2n) is 5.98. The first-order chi connectivity index (χ1) is 11.8. The Hall–Kier alpha value is -2.43. The summed E-state index contributed by atoms with van der Waals surface area (Å²) in [5.41, 5.74) is 3.91.